The van der Waals surface area contributed by atoms with Crippen LogP contribution in [0.2, 0.25) is 0 Å². The molecule has 19 heteroatoms. The fourth-order valence-electron chi connectivity index (χ4n) is 11.9. The number of carbonyl (C=O) groups excluding carboxylic acids is 4. The van der Waals surface area contributed by atoms with Crippen molar-refractivity contribution >= 4 is 39.5 Å². The molecule has 0 radical (unpaired) electrons. The van der Waals surface area contributed by atoms with Gasteiger partial charge in [-0.3, -0.25) is 37.3 Å². The van der Waals surface area contributed by atoms with Crippen LogP contribution in [0.5, 0.6) is 0 Å². The van der Waals surface area contributed by atoms with Gasteiger partial charge in [-0.05, 0) is 49.4 Å². The predicted octanol–water partition coefficient (Wildman–Crippen LogP) is 22.8. The van der Waals surface area contributed by atoms with E-state index in [0.29, 0.717) is 25.7 Å². The monoisotopic (exact) mass is 1420 g/mol. The van der Waals surface area contributed by atoms with E-state index in [1.165, 1.54) is 199 Å². The zero-order valence-corrected chi connectivity index (χ0v) is 65.5. The van der Waals surface area contributed by atoms with Gasteiger partial charge in [-0.25, -0.2) is 9.13 Å². The molecule has 0 aromatic carbocycles. The Kier molecular flexibility index (Phi) is 65.9. The number of hydrogen-bond acceptors (Lipinski definition) is 15. The van der Waals surface area contributed by atoms with Crippen LogP contribution in [0, 0.1) is 23.7 Å². The van der Waals surface area contributed by atoms with Crippen molar-refractivity contribution in [2.24, 2.45) is 23.7 Å². The summed E-state index contributed by atoms with van der Waals surface area (Å²) in [5, 5.41) is 10.6. The third-order valence-corrected chi connectivity index (χ3v) is 20.3. The quantitative estimate of drug-likeness (QED) is 0.0222. The number of rotatable bonds is 75. The van der Waals surface area contributed by atoms with Gasteiger partial charge in [0.05, 0.1) is 26.4 Å². The normalized spacial score (nSPS) is 14.4. The predicted molar refractivity (Wildman–Crippen MR) is 395 cm³/mol. The highest BCUT2D eigenvalue weighted by Gasteiger charge is 2.30. The number of aliphatic hydroxyl groups is 1. The van der Waals surface area contributed by atoms with Gasteiger partial charge in [0.1, 0.15) is 19.3 Å². The summed E-state index contributed by atoms with van der Waals surface area (Å²) in [6, 6.07) is 0. The molecular formula is C78H152O17P2. The average molecular weight is 1420 g/mol. The molecule has 0 heterocycles. The molecule has 0 saturated carbocycles. The van der Waals surface area contributed by atoms with Crippen LogP contribution in [0.1, 0.15) is 396 Å². The Morgan fingerprint density at radius 3 is 0.732 bits per heavy atom. The molecule has 6 atom stereocenters. The second-order valence-electron chi connectivity index (χ2n) is 29.8. The molecular weight excluding hydrogens is 1270 g/mol. The maximum Gasteiger partial charge on any atom is 0.472 e. The summed E-state index contributed by atoms with van der Waals surface area (Å²) in [6.45, 7) is 14.2. The number of carbonyl (C=O) groups is 4. The van der Waals surface area contributed by atoms with Crippen molar-refractivity contribution in [3.05, 3.63) is 0 Å². The topological polar surface area (TPSA) is 237 Å². The van der Waals surface area contributed by atoms with E-state index in [-0.39, 0.29) is 25.7 Å². The number of phosphoric acid groups is 2. The Morgan fingerprint density at radius 1 is 0.289 bits per heavy atom. The molecule has 0 aliphatic rings. The SMILES string of the molecule is CCC(C)CCCCCCCCCCCCCCCCC(=O)O[C@H](COC(=O)CCCCCCCCCCCCCCC(C)C)COP(=O)(O)OCC(O)COP(=O)(O)OC[C@@H](COC(=O)CCCCCCCCCCC(C)C)OC(=O)CCCCCCCCCCCCC(C)C. The Morgan fingerprint density at radius 2 is 0.495 bits per heavy atom. The molecule has 3 N–H and O–H groups in total. The first-order valence-corrected chi connectivity index (χ1v) is 43.2. The smallest absolute Gasteiger partial charge is 0.462 e. The van der Waals surface area contributed by atoms with Gasteiger partial charge in [0.15, 0.2) is 12.2 Å². The van der Waals surface area contributed by atoms with Gasteiger partial charge >= 0.3 is 39.5 Å². The van der Waals surface area contributed by atoms with Crippen molar-refractivity contribution in [2.45, 2.75) is 414 Å². The zero-order valence-electron chi connectivity index (χ0n) is 63.7. The van der Waals surface area contributed by atoms with Crippen molar-refractivity contribution < 1.29 is 80.2 Å². The average Bonchev–Trinajstić information content (AvgIpc) is 1.48. The summed E-state index contributed by atoms with van der Waals surface area (Å²) in [7, 11) is -9.92. The molecule has 0 amide bonds. The van der Waals surface area contributed by atoms with Crippen molar-refractivity contribution in [3.63, 3.8) is 0 Å². The minimum atomic E-state index is -4.96. The summed E-state index contributed by atoms with van der Waals surface area (Å²) >= 11 is 0. The molecule has 0 rings (SSSR count). The molecule has 576 valence electrons. The van der Waals surface area contributed by atoms with Gasteiger partial charge < -0.3 is 33.8 Å². The van der Waals surface area contributed by atoms with Gasteiger partial charge in [0, 0.05) is 25.7 Å². The van der Waals surface area contributed by atoms with Crippen molar-refractivity contribution in [3.8, 4) is 0 Å². The van der Waals surface area contributed by atoms with Crippen LogP contribution in [-0.4, -0.2) is 96.7 Å². The van der Waals surface area contributed by atoms with Crippen LogP contribution in [0.3, 0.4) is 0 Å². The molecule has 97 heavy (non-hydrogen) atoms. The van der Waals surface area contributed by atoms with Crippen LogP contribution in [-0.2, 0) is 65.4 Å². The van der Waals surface area contributed by atoms with Crippen molar-refractivity contribution in [2.75, 3.05) is 39.6 Å². The fourth-order valence-corrected chi connectivity index (χ4v) is 13.5. The molecule has 4 unspecified atom stereocenters. The van der Waals surface area contributed by atoms with Gasteiger partial charge in [-0.15, -0.1) is 0 Å². The molecule has 0 spiro atoms. The standard InChI is InChI=1S/C78H152O17P2/c1-9-71(8)57-49-41-33-24-17-12-10-11-13-19-26-36-44-52-60-77(82)94-73(64-88-75(80)58-50-42-34-25-18-15-14-16-22-30-38-46-54-68(2)3)66-92-96(84,85)90-62-72(79)63-91-97(86,87)93-67-74(65-89-76(81)59-51-43-35-29-28-32-40-48-56-70(6)7)95-78(83)61-53-45-37-27-21-20-23-31-39-47-55-69(4)5/h68-74,79H,9-67H2,1-8H3,(H,84,85)(H,86,87)/t71?,72?,73-,74-/m1/s1. The van der Waals surface area contributed by atoms with E-state index in [1.807, 2.05) is 0 Å². The number of ether oxygens (including phenoxy) is 4. The van der Waals surface area contributed by atoms with Gasteiger partial charge in [-0.2, -0.15) is 0 Å². The van der Waals surface area contributed by atoms with Gasteiger partial charge in [-0.1, -0.05) is 344 Å². The van der Waals surface area contributed by atoms with Crippen molar-refractivity contribution in [1.82, 2.24) is 0 Å². The van der Waals surface area contributed by atoms with Gasteiger partial charge in [0.2, 0.25) is 0 Å². The summed E-state index contributed by atoms with van der Waals surface area (Å²) < 4.78 is 68.6. The molecule has 0 saturated heterocycles. The second kappa shape index (κ2) is 67.2. The molecule has 0 aliphatic heterocycles. The number of esters is 4. The number of aliphatic hydroxyl groups excluding tert-OH is 1. The van der Waals surface area contributed by atoms with Crippen LogP contribution < -0.4 is 0 Å². The Bertz CT molecular complexity index is 1900. The maximum absolute atomic E-state index is 13.1. The maximum atomic E-state index is 13.1. The molecule has 0 aromatic rings. The van der Waals surface area contributed by atoms with Crippen LogP contribution in [0.4, 0.5) is 0 Å². The van der Waals surface area contributed by atoms with Crippen LogP contribution >= 0.6 is 15.6 Å². The third kappa shape index (κ3) is 70.9. The summed E-state index contributed by atoms with van der Waals surface area (Å²) in [6.07, 6.45) is 52.6. The minimum Gasteiger partial charge on any atom is -0.462 e. The third-order valence-electron chi connectivity index (χ3n) is 18.4. The highest BCUT2D eigenvalue weighted by atomic mass is 31.2. The number of hydrogen-bond donors (Lipinski definition) is 3. The first kappa shape index (κ1) is 95.1. The lowest BCUT2D eigenvalue weighted by Gasteiger charge is -2.21. The van der Waals surface area contributed by atoms with E-state index in [4.69, 9.17) is 37.0 Å². The number of phosphoric ester groups is 2. The first-order chi connectivity index (χ1) is 46.6. The van der Waals surface area contributed by atoms with Crippen LogP contribution in [0.15, 0.2) is 0 Å². The van der Waals surface area contributed by atoms with E-state index in [2.05, 4.69) is 55.4 Å². The van der Waals surface area contributed by atoms with Crippen LogP contribution in [0.25, 0.3) is 0 Å². The van der Waals surface area contributed by atoms with E-state index >= 15 is 0 Å². The molecule has 0 fully saturated rings. The lowest BCUT2D eigenvalue weighted by Crippen LogP contribution is -2.30. The summed E-state index contributed by atoms with van der Waals surface area (Å²) in [5.74, 6) is 0.988. The Labute approximate surface area is 594 Å². The number of unbranched alkanes of at least 4 members (excludes halogenated alkanes) is 40. The zero-order chi connectivity index (χ0) is 71.7. The molecule has 17 nitrogen and oxygen atoms in total. The van der Waals surface area contributed by atoms with E-state index in [9.17, 15) is 43.2 Å². The Hall–Kier alpha value is -1.94. The largest absolute Gasteiger partial charge is 0.472 e. The first-order valence-electron chi connectivity index (χ1n) is 40.2. The lowest BCUT2D eigenvalue weighted by molar-refractivity contribution is -0.161. The van der Waals surface area contributed by atoms with E-state index < -0.39 is 97.5 Å². The second-order valence-corrected chi connectivity index (χ2v) is 32.7. The fraction of sp³-hybridized carbons (Fsp3) is 0.949. The molecule has 0 bridgehead atoms. The summed E-state index contributed by atoms with van der Waals surface area (Å²) in [4.78, 5) is 72.9. The van der Waals surface area contributed by atoms with E-state index in [0.717, 1.165) is 114 Å². The molecule has 0 aromatic heterocycles. The summed E-state index contributed by atoms with van der Waals surface area (Å²) in [5.41, 5.74) is 0. The molecule has 0 aliphatic carbocycles. The Balaban J connectivity index is 5.26. The van der Waals surface area contributed by atoms with Gasteiger partial charge in [0.25, 0.3) is 0 Å². The highest BCUT2D eigenvalue weighted by molar-refractivity contribution is 7.47. The lowest BCUT2D eigenvalue weighted by atomic mass is 9.99. The van der Waals surface area contributed by atoms with Crippen molar-refractivity contribution in [1.29, 1.82) is 0 Å². The minimum absolute atomic E-state index is 0.105. The van der Waals surface area contributed by atoms with E-state index in [1.54, 1.807) is 0 Å². The highest BCUT2D eigenvalue weighted by Crippen LogP contribution is 2.45.